The third-order valence-electron chi connectivity index (χ3n) is 4.40. The molecule has 0 spiro atoms. The Bertz CT molecular complexity index is 849. The van der Waals surface area contributed by atoms with E-state index in [-0.39, 0.29) is 18.4 Å². The van der Waals surface area contributed by atoms with Gasteiger partial charge < -0.3 is 14.9 Å². The maximum Gasteiger partial charge on any atom is 0.323 e. The number of carbonyl (C=O) groups is 3. The normalized spacial score (nSPS) is 13.7. The van der Waals surface area contributed by atoms with Crippen molar-refractivity contribution in [3.05, 3.63) is 64.7 Å². The highest BCUT2D eigenvalue weighted by Gasteiger charge is 2.23. The van der Waals surface area contributed by atoms with Crippen LogP contribution in [-0.2, 0) is 16.1 Å². The molecule has 140 valence electrons. The lowest BCUT2D eigenvalue weighted by Gasteiger charge is -2.22. The first-order chi connectivity index (χ1) is 12.9. The summed E-state index contributed by atoms with van der Waals surface area (Å²) in [7, 11) is 0. The average Bonchev–Trinajstić information content (AvgIpc) is 3.08. The zero-order valence-corrected chi connectivity index (χ0v) is 15.4. The van der Waals surface area contributed by atoms with E-state index >= 15 is 0 Å². The van der Waals surface area contributed by atoms with Crippen LogP contribution in [0, 0.1) is 0 Å². The molecule has 0 saturated carbocycles. The number of amides is 2. The number of carbonyl (C=O) groups excluding carboxylic acids is 2. The van der Waals surface area contributed by atoms with Gasteiger partial charge in [0.2, 0.25) is 5.91 Å². The minimum atomic E-state index is -1.09. The van der Waals surface area contributed by atoms with Gasteiger partial charge in [0.1, 0.15) is 6.54 Å². The summed E-state index contributed by atoms with van der Waals surface area (Å²) in [6, 6.07) is 13.6. The van der Waals surface area contributed by atoms with Crippen LogP contribution in [0.5, 0.6) is 0 Å². The molecule has 1 heterocycles. The van der Waals surface area contributed by atoms with Gasteiger partial charge in [0, 0.05) is 35.8 Å². The van der Waals surface area contributed by atoms with Crippen molar-refractivity contribution in [2.24, 2.45) is 0 Å². The molecule has 0 aromatic heterocycles. The number of nitrogens with zero attached hydrogens (tertiary/aromatic N) is 2. The first-order valence-electron chi connectivity index (χ1n) is 8.60. The molecule has 2 aromatic carbocycles. The first kappa shape index (κ1) is 18.9. The lowest BCUT2D eigenvalue weighted by atomic mass is 10.1. The van der Waals surface area contributed by atoms with Crippen molar-refractivity contribution in [1.29, 1.82) is 0 Å². The van der Waals surface area contributed by atoms with Gasteiger partial charge in [-0.25, -0.2) is 0 Å². The van der Waals surface area contributed by atoms with Gasteiger partial charge in [-0.1, -0.05) is 23.7 Å². The monoisotopic (exact) mass is 386 g/mol. The fraction of sp³-hybridized carbons (Fsp3) is 0.250. The van der Waals surface area contributed by atoms with Gasteiger partial charge >= 0.3 is 5.97 Å². The minimum Gasteiger partial charge on any atom is -0.480 e. The highest BCUT2D eigenvalue weighted by molar-refractivity contribution is 6.30. The molecule has 0 atom stereocenters. The fourth-order valence-electron chi connectivity index (χ4n) is 3.06. The second-order valence-electron chi connectivity index (χ2n) is 6.38. The number of rotatable bonds is 6. The van der Waals surface area contributed by atoms with Crippen molar-refractivity contribution in [2.45, 2.75) is 19.4 Å². The average molecular weight is 387 g/mol. The number of hydrogen-bond acceptors (Lipinski definition) is 3. The van der Waals surface area contributed by atoms with E-state index in [1.54, 1.807) is 53.4 Å². The molecule has 27 heavy (non-hydrogen) atoms. The van der Waals surface area contributed by atoms with Crippen molar-refractivity contribution in [3.8, 4) is 0 Å². The van der Waals surface area contributed by atoms with Crippen molar-refractivity contribution in [1.82, 2.24) is 4.90 Å². The summed E-state index contributed by atoms with van der Waals surface area (Å²) in [6.07, 6.45) is 1.36. The number of benzene rings is 2. The Kier molecular flexibility index (Phi) is 5.76. The number of aliphatic carboxylic acids is 1. The van der Waals surface area contributed by atoms with Gasteiger partial charge in [0.15, 0.2) is 0 Å². The van der Waals surface area contributed by atoms with Crippen LogP contribution in [0.1, 0.15) is 28.8 Å². The molecule has 0 bridgehead atoms. The second kappa shape index (κ2) is 8.22. The van der Waals surface area contributed by atoms with E-state index in [0.717, 1.165) is 17.7 Å². The molecule has 0 aliphatic carbocycles. The molecule has 2 aromatic rings. The molecule has 2 amide bonds. The maximum atomic E-state index is 12.8. The lowest BCUT2D eigenvalue weighted by molar-refractivity contribution is -0.137. The summed E-state index contributed by atoms with van der Waals surface area (Å²) in [5, 5.41) is 9.73. The van der Waals surface area contributed by atoms with E-state index in [1.165, 1.54) is 4.90 Å². The van der Waals surface area contributed by atoms with Gasteiger partial charge in [0.25, 0.3) is 5.91 Å². The highest BCUT2D eigenvalue weighted by atomic mass is 35.5. The lowest BCUT2D eigenvalue weighted by Crippen LogP contribution is -2.35. The molecular weight excluding hydrogens is 368 g/mol. The highest BCUT2D eigenvalue weighted by Crippen LogP contribution is 2.22. The number of anilines is 1. The molecular formula is C20H19ClN2O4. The fourth-order valence-corrected chi connectivity index (χ4v) is 3.19. The van der Waals surface area contributed by atoms with Gasteiger partial charge in [0.05, 0.1) is 0 Å². The summed E-state index contributed by atoms with van der Waals surface area (Å²) < 4.78 is 0. The Morgan fingerprint density at radius 3 is 2.30 bits per heavy atom. The van der Waals surface area contributed by atoms with Crippen molar-refractivity contribution in [2.75, 3.05) is 18.0 Å². The predicted molar refractivity (Wildman–Crippen MR) is 102 cm³/mol. The van der Waals surface area contributed by atoms with Crippen LogP contribution < -0.4 is 4.90 Å². The Labute approximate surface area is 162 Å². The van der Waals surface area contributed by atoms with Crippen LogP contribution in [0.25, 0.3) is 0 Å². The largest absolute Gasteiger partial charge is 0.480 e. The van der Waals surface area contributed by atoms with E-state index in [1.807, 2.05) is 0 Å². The van der Waals surface area contributed by atoms with Crippen molar-refractivity contribution in [3.63, 3.8) is 0 Å². The van der Waals surface area contributed by atoms with Gasteiger partial charge in [-0.15, -0.1) is 0 Å². The van der Waals surface area contributed by atoms with E-state index in [4.69, 9.17) is 16.7 Å². The van der Waals surface area contributed by atoms with Crippen LogP contribution in [0.4, 0.5) is 5.69 Å². The zero-order chi connectivity index (χ0) is 19.4. The maximum absolute atomic E-state index is 12.8. The molecule has 1 aliphatic rings. The van der Waals surface area contributed by atoms with E-state index in [9.17, 15) is 14.4 Å². The SMILES string of the molecule is O=C(O)CN(Cc1ccc(Cl)cc1)C(=O)c1ccc(N2CCCC2=O)cc1. The molecule has 3 rings (SSSR count). The first-order valence-corrected chi connectivity index (χ1v) is 8.98. The van der Waals surface area contributed by atoms with Crippen LogP contribution in [-0.4, -0.2) is 40.9 Å². The Hall–Kier alpha value is -2.86. The molecule has 0 unspecified atom stereocenters. The van der Waals surface area contributed by atoms with E-state index in [0.29, 0.717) is 23.6 Å². The van der Waals surface area contributed by atoms with Crippen molar-refractivity contribution < 1.29 is 19.5 Å². The summed E-state index contributed by atoms with van der Waals surface area (Å²) >= 11 is 5.87. The van der Waals surface area contributed by atoms with Crippen LogP contribution in [0.15, 0.2) is 48.5 Å². The van der Waals surface area contributed by atoms with E-state index in [2.05, 4.69) is 0 Å². The summed E-state index contributed by atoms with van der Waals surface area (Å²) in [4.78, 5) is 38.8. The number of carboxylic acids is 1. The minimum absolute atomic E-state index is 0.0734. The molecule has 1 saturated heterocycles. The zero-order valence-electron chi connectivity index (χ0n) is 14.6. The summed E-state index contributed by atoms with van der Waals surface area (Å²) in [5.41, 5.74) is 1.91. The van der Waals surface area contributed by atoms with Crippen molar-refractivity contribution >= 4 is 35.1 Å². The van der Waals surface area contributed by atoms with Crippen LogP contribution in [0.3, 0.4) is 0 Å². The van der Waals surface area contributed by atoms with Crippen LogP contribution >= 0.6 is 11.6 Å². The second-order valence-corrected chi connectivity index (χ2v) is 6.81. The topological polar surface area (TPSA) is 77.9 Å². The molecule has 0 radical (unpaired) electrons. The molecule has 6 nitrogen and oxygen atoms in total. The van der Waals surface area contributed by atoms with Gasteiger partial charge in [-0.2, -0.15) is 0 Å². The molecule has 1 fully saturated rings. The van der Waals surface area contributed by atoms with Gasteiger partial charge in [-0.05, 0) is 48.4 Å². The standard InChI is InChI=1S/C20H19ClN2O4/c21-16-7-3-14(4-8-16)12-22(13-19(25)26)20(27)15-5-9-17(10-6-15)23-11-1-2-18(23)24/h3-10H,1-2,11-13H2,(H,25,26). The quantitative estimate of drug-likeness (QED) is 0.827. The van der Waals surface area contributed by atoms with Gasteiger partial charge in [-0.3, -0.25) is 14.4 Å². The Morgan fingerprint density at radius 1 is 1.07 bits per heavy atom. The van der Waals surface area contributed by atoms with Crippen LogP contribution in [0.2, 0.25) is 5.02 Å². The third kappa shape index (κ3) is 4.65. The number of halogens is 1. The summed E-state index contributed by atoms with van der Waals surface area (Å²) in [6.45, 7) is 0.427. The van der Waals surface area contributed by atoms with E-state index < -0.39 is 12.5 Å². The molecule has 1 N–H and O–H groups in total. The Balaban J connectivity index is 1.77. The summed E-state index contributed by atoms with van der Waals surface area (Å²) in [5.74, 6) is -1.40. The Morgan fingerprint density at radius 2 is 1.74 bits per heavy atom. The third-order valence-corrected chi connectivity index (χ3v) is 4.65. The number of carboxylic acid groups (broad SMARTS) is 1. The molecule has 1 aliphatic heterocycles. The molecule has 7 heteroatoms. The predicted octanol–water partition coefficient (Wildman–Crippen LogP) is 3.19. The smallest absolute Gasteiger partial charge is 0.323 e. The number of hydrogen-bond donors (Lipinski definition) is 1.